The lowest BCUT2D eigenvalue weighted by molar-refractivity contribution is 0.0697. The lowest BCUT2D eigenvalue weighted by atomic mass is 9.79. The van der Waals surface area contributed by atoms with E-state index in [1.807, 2.05) is 6.07 Å². The van der Waals surface area contributed by atoms with Crippen LogP contribution >= 0.6 is 11.6 Å². The largest absolute Gasteiger partial charge is 0.478 e. The van der Waals surface area contributed by atoms with Crippen molar-refractivity contribution >= 4 is 35.2 Å². The second kappa shape index (κ2) is 7.55. The number of carboxylic acids is 1. The summed E-state index contributed by atoms with van der Waals surface area (Å²) in [6, 6.07) is 7.89. The topological polar surface area (TPSA) is 52.9 Å². The van der Waals surface area contributed by atoms with Gasteiger partial charge in [-0.05, 0) is 69.0 Å². The highest BCUT2D eigenvalue weighted by molar-refractivity contribution is 6.33. The van der Waals surface area contributed by atoms with E-state index in [1.54, 1.807) is 12.1 Å². The molecule has 1 N–H and O–H groups in total. The van der Waals surface area contributed by atoms with E-state index < -0.39 is 5.97 Å². The fourth-order valence-electron chi connectivity index (χ4n) is 4.12. The third kappa shape index (κ3) is 3.76. The molecule has 0 radical (unpaired) electrons. The molecule has 1 atom stereocenters. The van der Waals surface area contributed by atoms with E-state index in [4.69, 9.17) is 11.6 Å². The SMILES string of the molecule is CCN1c2cc(F)c(C=Nc3ccc(Cl)c(C(=O)O)c3)cc2C(C)CC1(C)C. The monoisotopic (exact) mass is 402 g/mol. The van der Waals surface area contributed by atoms with Crippen LogP contribution in [0, 0.1) is 5.82 Å². The van der Waals surface area contributed by atoms with Gasteiger partial charge in [-0.2, -0.15) is 0 Å². The summed E-state index contributed by atoms with van der Waals surface area (Å²) in [5.74, 6) is -1.17. The van der Waals surface area contributed by atoms with Crippen molar-refractivity contribution in [2.24, 2.45) is 4.99 Å². The average molecular weight is 403 g/mol. The van der Waals surface area contributed by atoms with E-state index in [0.29, 0.717) is 17.2 Å². The number of hydrogen-bond acceptors (Lipinski definition) is 3. The normalized spacial score (nSPS) is 18.4. The predicted molar refractivity (Wildman–Crippen MR) is 112 cm³/mol. The first-order chi connectivity index (χ1) is 13.1. The summed E-state index contributed by atoms with van der Waals surface area (Å²) in [6.45, 7) is 9.41. The van der Waals surface area contributed by atoms with E-state index in [2.05, 4.69) is 37.6 Å². The van der Waals surface area contributed by atoms with Crippen molar-refractivity contribution in [2.75, 3.05) is 11.4 Å². The number of halogens is 2. The second-order valence-electron chi connectivity index (χ2n) is 7.82. The minimum absolute atomic E-state index is 0.0280. The summed E-state index contributed by atoms with van der Waals surface area (Å²) >= 11 is 5.88. The summed E-state index contributed by atoms with van der Waals surface area (Å²) in [7, 11) is 0. The first-order valence-electron chi connectivity index (χ1n) is 9.32. The van der Waals surface area contributed by atoms with Crippen LogP contribution in [-0.2, 0) is 0 Å². The Kier molecular flexibility index (Phi) is 5.48. The average Bonchev–Trinajstić information content (AvgIpc) is 2.60. The molecule has 0 aliphatic carbocycles. The Labute approximate surface area is 169 Å². The molecule has 28 heavy (non-hydrogen) atoms. The summed E-state index contributed by atoms with van der Waals surface area (Å²) in [4.78, 5) is 17.7. The lowest BCUT2D eigenvalue weighted by Crippen LogP contribution is -2.48. The van der Waals surface area contributed by atoms with Crippen molar-refractivity contribution in [1.29, 1.82) is 0 Å². The molecule has 0 amide bonds. The van der Waals surface area contributed by atoms with Crippen LogP contribution in [0.25, 0.3) is 0 Å². The van der Waals surface area contributed by atoms with Crippen LogP contribution in [0.15, 0.2) is 35.3 Å². The van der Waals surface area contributed by atoms with Crippen LogP contribution in [0.5, 0.6) is 0 Å². The number of aromatic carboxylic acids is 1. The van der Waals surface area contributed by atoms with Crippen LogP contribution in [0.3, 0.4) is 0 Å². The third-order valence-corrected chi connectivity index (χ3v) is 5.68. The molecule has 1 heterocycles. The van der Waals surface area contributed by atoms with Gasteiger partial charge in [-0.15, -0.1) is 0 Å². The zero-order chi connectivity index (χ0) is 20.6. The first-order valence-corrected chi connectivity index (χ1v) is 9.70. The molecule has 2 aromatic carbocycles. The number of benzene rings is 2. The Bertz CT molecular complexity index is 956. The van der Waals surface area contributed by atoms with Crippen LogP contribution in [0.2, 0.25) is 5.02 Å². The van der Waals surface area contributed by atoms with E-state index in [-0.39, 0.29) is 21.9 Å². The van der Waals surface area contributed by atoms with Crippen LogP contribution in [0.1, 0.15) is 61.5 Å². The third-order valence-electron chi connectivity index (χ3n) is 5.35. The highest BCUT2D eigenvalue weighted by Crippen LogP contribution is 2.43. The molecule has 0 saturated carbocycles. The zero-order valence-corrected chi connectivity index (χ0v) is 17.2. The van der Waals surface area contributed by atoms with E-state index in [9.17, 15) is 14.3 Å². The van der Waals surface area contributed by atoms with Gasteiger partial charge in [0.05, 0.1) is 16.3 Å². The summed E-state index contributed by atoms with van der Waals surface area (Å²) in [6.07, 6.45) is 2.42. The maximum absolute atomic E-state index is 14.8. The maximum atomic E-state index is 14.8. The smallest absolute Gasteiger partial charge is 0.337 e. The van der Waals surface area contributed by atoms with Gasteiger partial charge in [0.25, 0.3) is 0 Å². The van der Waals surface area contributed by atoms with E-state index >= 15 is 0 Å². The van der Waals surface area contributed by atoms with Gasteiger partial charge in [0.1, 0.15) is 5.82 Å². The van der Waals surface area contributed by atoms with Gasteiger partial charge >= 0.3 is 5.97 Å². The summed E-state index contributed by atoms with van der Waals surface area (Å²) < 4.78 is 14.8. The zero-order valence-electron chi connectivity index (χ0n) is 16.5. The van der Waals surface area contributed by atoms with Crippen LogP contribution in [-0.4, -0.2) is 29.4 Å². The Morgan fingerprint density at radius 1 is 1.39 bits per heavy atom. The minimum Gasteiger partial charge on any atom is -0.478 e. The molecule has 1 aliphatic rings. The molecule has 4 nitrogen and oxygen atoms in total. The molecule has 148 valence electrons. The van der Waals surface area contributed by atoms with Gasteiger partial charge in [-0.1, -0.05) is 18.5 Å². The van der Waals surface area contributed by atoms with Crippen molar-refractivity contribution in [3.8, 4) is 0 Å². The van der Waals surface area contributed by atoms with E-state index in [1.165, 1.54) is 18.3 Å². The molecular weight excluding hydrogens is 379 g/mol. The number of rotatable bonds is 4. The predicted octanol–water partition coefficient (Wildman–Crippen LogP) is 6.04. The van der Waals surface area contributed by atoms with Gasteiger partial charge in [-0.3, -0.25) is 4.99 Å². The number of fused-ring (bicyclic) bond motifs is 1. The molecule has 0 aromatic heterocycles. The molecule has 1 unspecified atom stereocenters. The van der Waals surface area contributed by atoms with Crippen LogP contribution in [0.4, 0.5) is 15.8 Å². The fourth-order valence-corrected chi connectivity index (χ4v) is 4.32. The minimum atomic E-state index is -1.13. The Balaban J connectivity index is 1.99. The number of anilines is 1. The van der Waals surface area contributed by atoms with Crippen molar-refractivity contribution in [3.63, 3.8) is 0 Å². The molecule has 0 fully saturated rings. The van der Waals surface area contributed by atoms with Gasteiger partial charge in [0, 0.05) is 29.5 Å². The first kappa shape index (κ1) is 20.3. The highest BCUT2D eigenvalue weighted by Gasteiger charge is 2.36. The molecule has 1 aliphatic heterocycles. The second-order valence-corrected chi connectivity index (χ2v) is 8.23. The maximum Gasteiger partial charge on any atom is 0.337 e. The molecule has 0 spiro atoms. The number of nitrogens with zero attached hydrogens (tertiary/aromatic N) is 2. The van der Waals surface area contributed by atoms with Gasteiger partial charge < -0.3 is 10.0 Å². The standard InChI is InChI=1S/C22H24ClFN2O2/c1-5-26-20-10-19(24)14(8-16(20)13(2)11-22(26,3)4)12-25-15-6-7-18(23)17(9-15)21(27)28/h6-10,12-13H,5,11H2,1-4H3,(H,27,28). The van der Waals surface area contributed by atoms with Crippen molar-refractivity contribution in [2.45, 2.75) is 45.6 Å². The van der Waals surface area contributed by atoms with Crippen molar-refractivity contribution in [1.82, 2.24) is 0 Å². The van der Waals surface area contributed by atoms with Gasteiger partial charge in [0.15, 0.2) is 0 Å². The summed E-state index contributed by atoms with van der Waals surface area (Å²) in [5, 5.41) is 9.31. The van der Waals surface area contributed by atoms with Gasteiger partial charge in [-0.25, -0.2) is 9.18 Å². The lowest BCUT2D eigenvalue weighted by Gasteiger charge is -2.47. The van der Waals surface area contributed by atoms with Crippen molar-refractivity contribution in [3.05, 3.63) is 57.9 Å². The molecule has 0 saturated heterocycles. The Morgan fingerprint density at radius 2 is 2.11 bits per heavy atom. The summed E-state index contributed by atoms with van der Waals surface area (Å²) in [5.41, 5.74) is 2.76. The number of aliphatic imine (C=N–C) groups is 1. The van der Waals surface area contributed by atoms with Gasteiger partial charge in [0.2, 0.25) is 0 Å². The number of carboxylic acid groups (broad SMARTS) is 1. The Hall–Kier alpha value is -2.40. The van der Waals surface area contributed by atoms with E-state index in [0.717, 1.165) is 24.2 Å². The Morgan fingerprint density at radius 3 is 2.75 bits per heavy atom. The molecule has 2 aromatic rings. The molecule has 3 rings (SSSR count). The number of hydrogen-bond donors (Lipinski definition) is 1. The molecular formula is C22H24ClFN2O2. The van der Waals surface area contributed by atoms with Crippen LogP contribution < -0.4 is 4.90 Å². The fraction of sp³-hybridized carbons (Fsp3) is 0.364. The molecule has 0 bridgehead atoms. The van der Waals surface area contributed by atoms with Crippen molar-refractivity contribution < 1.29 is 14.3 Å². The quantitative estimate of drug-likeness (QED) is 0.634. The number of carbonyl (C=O) groups is 1. The molecule has 6 heteroatoms. The highest BCUT2D eigenvalue weighted by atomic mass is 35.5.